The molecule has 0 saturated heterocycles. The maximum absolute atomic E-state index is 13.0. The van der Waals surface area contributed by atoms with E-state index in [1.54, 1.807) is 0 Å². The fraction of sp³-hybridized carbons (Fsp3) is 1.00. The van der Waals surface area contributed by atoms with Crippen LogP contribution in [0.4, 0.5) is 13.2 Å². The zero-order valence-electron chi connectivity index (χ0n) is 11.3. The molecule has 18 heavy (non-hydrogen) atoms. The normalized spacial score (nSPS) is 36.8. The molecule has 0 aromatic heterocycles. The lowest BCUT2D eigenvalue weighted by atomic mass is 9.81. The molecule has 0 radical (unpaired) electrons. The summed E-state index contributed by atoms with van der Waals surface area (Å²) in [6.07, 6.45) is 1.86. The summed E-state index contributed by atoms with van der Waals surface area (Å²) in [5.74, 6) is -1.14. The first-order valence-corrected chi connectivity index (χ1v) is 7.13. The van der Waals surface area contributed by atoms with Gasteiger partial charge in [-0.05, 0) is 31.1 Å². The minimum Gasteiger partial charge on any atom is -0.310 e. The first-order valence-electron chi connectivity index (χ1n) is 7.13. The summed E-state index contributed by atoms with van der Waals surface area (Å²) in [6.45, 7) is 4.34. The average Bonchev–Trinajstić information content (AvgIpc) is 2.58. The van der Waals surface area contributed by atoms with Crippen LogP contribution in [0.25, 0.3) is 0 Å². The number of halogens is 3. The highest BCUT2D eigenvalue weighted by molar-refractivity contribution is 4.95. The van der Waals surface area contributed by atoms with Crippen LogP contribution in [-0.4, -0.2) is 18.3 Å². The van der Waals surface area contributed by atoms with Crippen LogP contribution in [-0.2, 0) is 0 Å². The largest absolute Gasteiger partial charge is 0.393 e. The summed E-state index contributed by atoms with van der Waals surface area (Å²) in [7, 11) is 0. The van der Waals surface area contributed by atoms with Crippen molar-refractivity contribution in [2.75, 3.05) is 0 Å². The highest BCUT2D eigenvalue weighted by Gasteiger charge is 2.47. The van der Waals surface area contributed by atoms with Crippen molar-refractivity contribution >= 4 is 0 Å². The molecule has 1 nitrogen and oxygen atoms in total. The van der Waals surface area contributed by atoms with Crippen molar-refractivity contribution in [1.29, 1.82) is 0 Å². The fourth-order valence-corrected chi connectivity index (χ4v) is 3.62. The van der Waals surface area contributed by atoms with Gasteiger partial charge in [-0.3, -0.25) is 0 Å². The summed E-state index contributed by atoms with van der Waals surface area (Å²) < 4.78 is 39.1. The zero-order chi connectivity index (χ0) is 13.4. The van der Waals surface area contributed by atoms with Crippen LogP contribution in [0, 0.1) is 11.3 Å². The molecular formula is C14H24F3N. The summed E-state index contributed by atoms with van der Waals surface area (Å²) in [5.41, 5.74) is 0.146. The molecule has 2 aliphatic rings. The van der Waals surface area contributed by atoms with Gasteiger partial charge in [0.15, 0.2) is 0 Å². The van der Waals surface area contributed by atoms with Gasteiger partial charge in [0.2, 0.25) is 0 Å². The minimum absolute atomic E-state index is 0.146. The van der Waals surface area contributed by atoms with Gasteiger partial charge in [0, 0.05) is 12.1 Å². The molecule has 0 amide bonds. The van der Waals surface area contributed by atoms with Crippen molar-refractivity contribution in [2.45, 2.75) is 77.1 Å². The van der Waals surface area contributed by atoms with E-state index >= 15 is 0 Å². The van der Waals surface area contributed by atoms with Gasteiger partial charge < -0.3 is 5.32 Å². The van der Waals surface area contributed by atoms with Crippen molar-refractivity contribution in [3.63, 3.8) is 0 Å². The van der Waals surface area contributed by atoms with Gasteiger partial charge in [-0.1, -0.05) is 33.1 Å². The molecule has 2 aliphatic carbocycles. The lowest BCUT2D eigenvalue weighted by Gasteiger charge is -2.38. The average molecular weight is 263 g/mol. The van der Waals surface area contributed by atoms with Crippen LogP contribution in [0.15, 0.2) is 0 Å². The van der Waals surface area contributed by atoms with Crippen LogP contribution in [0.2, 0.25) is 0 Å². The first-order chi connectivity index (χ1) is 8.31. The summed E-state index contributed by atoms with van der Waals surface area (Å²) in [5, 5.41) is 3.34. The monoisotopic (exact) mass is 263 g/mol. The Kier molecular flexibility index (Phi) is 3.96. The van der Waals surface area contributed by atoms with Crippen LogP contribution in [0.3, 0.4) is 0 Å². The van der Waals surface area contributed by atoms with E-state index in [0.29, 0.717) is 12.8 Å². The third-order valence-corrected chi connectivity index (χ3v) is 4.86. The highest BCUT2D eigenvalue weighted by Crippen LogP contribution is 2.41. The molecule has 2 rings (SSSR count). The SMILES string of the molecule is CC1(C)CCCC1NC1CCCCC1C(F)(F)F. The summed E-state index contributed by atoms with van der Waals surface area (Å²) in [6, 6.07) is -0.105. The lowest BCUT2D eigenvalue weighted by molar-refractivity contribution is -0.190. The molecule has 106 valence electrons. The second-order valence-electron chi connectivity index (χ2n) is 6.64. The van der Waals surface area contributed by atoms with E-state index in [0.717, 1.165) is 32.1 Å². The molecule has 0 aliphatic heterocycles. The lowest BCUT2D eigenvalue weighted by Crippen LogP contribution is -2.51. The quantitative estimate of drug-likeness (QED) is 0.784. The molecule has 0 aromatic carbocycles. The predicted octanol–water partition coefficient (Wildman–Crippen LogP) is 4.28. The zero-order valence-corrected chi connectivity index (χ0v) is 11.3. The second kappa shape index (κ2) is 5.03. The second-order valence-corrected chi connectivity index (χ2v) is 6.64. The maximum atomic E-state index is 13.0. The maximum Gasteiger partial charge on any atom is 0.393 e. The standard InChI is InChI=1S/C14H24F3N/c1-13(2)9-5-8-12(13)18-11-7-4-3-6-10(11)14(15,16)17/h10-12,18H,3-9H2,1-2H3. The van der Waals surface area contributed by atoms with Gasteiger partial charge >= 0.3 is 6.18 Å². The Labute approximate surface area is 108 Å². The molecule has 2 saturated carbocycles. The van der Waals surface area contributed by atoms with Crippen LogP contribution >= 0.6 is 0 Å². The van der Waals surface area contributed by atoms with E-state index in [2.05, 4.69) is 19.2 Å². The van der Waals surface area contributed by atoms with Crippen molar-refractivity contribution in [3.05, 3.63) is 0 Å². The van der Waals surface area contributed by atoms with Crippen LogP contribution in [0.5, 0.6) is 0 Å². The third-order valence-electron chi connectivity index (χ3n) is 4.86. The number of hydrogen-bond donors (Lipinski definition) is 1. The first kappa shape index (κ1) is 14.2. The fourth-order valence-electron chi connectivity index (χ4n) is 3.62. The van der Waals surface area contributed by atoms with Crippen molar-refractivity contribution in [3.8, 4) is 0 Å². The van der Waals surface area contributed by atoms with Crippen molar-refractivity contribution in [2.24, 2.45) is 11.3 Å². The van der Waals surface area contributed by atoms with Crippen molar-refractivity contribution < 1.29 is 13.2 Å². The Morgan fingerprint density at radius 3 is 2.22 bits per heavy atom. The predicted molar refractivity (Wildman–Crippen MR) is 66.4 cm³/mol. The molecule has 0 aromatic rings. The van der Waals surface area contributed by atoms with Gasteiger partial charge in [0.1, 0.15) is 0 Å². The third kappa shape index (κ3) is 3.01. The van der Waals surface area contributed by atoms with E-state index in [4.69, 9.17) is 0 Å². The Bertz CT molecular complexity index is 285. The van der Waals surface area contributed by atoms with Gasteiger partial charge in [0.05, 0.1) is 5.92 Å². The molecular weight excluding hydrogens is 239 g/mol. The van der Waals surface area contributed by atoms with Gasteiger partial charge in [-0.15, -0.1) is 0 Å². The van der Waals surface area contributed by atoms with Gasteiger partial charge in [-0.25, -0.2) is 0 Å². The smallest absolute Gasteiger partial charge is 0.310 e. The summed E-state index contributed by atoms with van der Waals surface area (Å²) in [4.78, 5) is 0. The van der Waals surface area contributed by atoms with E-state index in [-0.39, 0.29) is 17.5 Å². The molecule has 0 bridgehead atoms. The van der Waals surface area contributed by atoms with Gasteiger partial charge in [-0.2, -0.15) is 13.2 Å². The molecule has 3 atom stereocenters. The van der Waals surface area contributed by atoms with E-state index in [9.17, 15) is 13.2 Å². The van der Waals surface area contributed by atoms with E-state index in [1.165, 1.54) is 0 Å². The van der Waals surface area contributed by atoms with E-state index in [1.807, 2.05) is 0 Å². The molecule has 0 heterocycles. The Morgan fingerprint density at radius 2 is 1.67 bits per heavy atom. The minimum atomic E-state index is -4.04. The number of alkyl halides is 3. The molecule has 1 N–H and O–H groups in total. The van der Waals surface area contributed by atoms with E-state index < -0.39 is 12.1 Å². The van der Waals surface area contributed by atoms with Gasteiger partial charge in [0.25, 0.3) is 0 Å². The molecule has 2 fully saturated rings. The Hall–Kier alpha value is -0.250. The number of hydrogen-bond acceptors (Lipinski definition) is 1. The van der Waals surface area contributed by atoms with Crippen molar-refractivity contribution in [1.82, 2.24) is 5.32 Å². The molecule has 0 spiro atoms. The summed E-state index contributed by atoms with van der Waals surface area (Å²) >= 11 is 0. The van der Waals surface area contributed by atoms with Crippen LogP contribution < -0.4 is 5.32 Å². The molecule has 3 unspecified atom stereocenters. The Balaban J connectivity index is 2.02. The Morgan fingerprint density at radius 1 is 1.00 bits per heavy atom. The number of nitrogens with one attached hydrogen (secondary N) is 1. The number of rotatable bonds is 2. The van der Waals surface area contributed by atoms with Crippen LogP contribution in [0.1, 0.15) is 58.8 Å². The topological polar surface area (TPSA) is 12.0 Å². The molecule has 4 heteroatoms. The highest BCUT2D eigenvalue weighted by atomic mass is 19.4.